The summed E-state index contributed by atoms with van der Waals surface area (Å²) in [5, 5.41) is 9.90. The highest BCUT2D eigenvalue weighted by atomic mass is 32.1. The number of nitrogens with two attached hydrogens (primary N) is 1. The van der Waals surface area contributed by atoms with Crippen molar-refractivity contribution in [2.45, 2.75) is 0 Å². The van der Waals surface area contributed by atoms with Gasteiger partial charge in [0.25, 0.3) is 0 Å². The molecule has 0 amide bonds. The minimum absolute atomic E-state index is 0.219. The summed E-state index contributed by atoms with van der Waals surface area (Å²) in [5.74, 6) is 1.15. The van der Waals surface area contributed by atoms with Crippen molar-refractivity contribution in [1.82, 2.24) is 9.27 Å². The van der Waals surface area contributed by atoms with Gasteiger partial charge in [0.2, 0.25) is 0 Å². The Balaban J connectivity index is 2.00. The van der Waals surface area contributed by atoms with Crippen LogP contribution in [-0.2, 0) is 0 Å². The number of β-amino-alcohol motifs (C(OH)–C–C–N with tert-alkyl or cyclic N) is 1. The normalized spacial score (nSPS) is 17.4. The number of aromatic nitrogens is 1. The molecule has 0 bridgehead atoms. The Bertz CT molecular complexity index is 363. The summed E-state index contributed by atoms with van der Waals surface area (Å²) in [7, 11) is 1.62. The molecule has 1 saturated heterocycles. The predicted molar refractivity (Wildman–Crippen MR) is 68.8 cm³/mol. The number of anilines is 2. The molecule has 1 aromatic heterocycles. The first-order chi connectivity index (χ1) is 8.26. The van der Waals surface area contributed by atoms with Crippen LogP contribution < -0.4 is 15.4 Å². The Kier molecular flexibility index (Phi) is 4.03. The molecular weight excluding hydrogens is 240 g/mol. The minimum Gasteiger partial charge on any atom is -0.490 e. The van der Waals surface area contributed by atoms with Crippen LogP contribution in [0, 0.1) is 0 Å². The van der Waals surface area contributed by atoms with E-state index in [0.29, 0.717) is 11.6 Å². The fourth-order valence-electron chi connectivity index (χ4n) is 1.99. The van der Waals surface area contributed by atoms with Gasteiger partial charge in [0.05, 0.1) is 13.7 Å². The van der Waals surface area contributed by atoms with Crippen LogP contribution in [-0.4, -0.2) is 60.8 Å². The lowest BCUT2D eigenvalue weighted by Gasteiger charge is -2.34. The third-order valence-corrected chi connectivity index (χ3v) is 3.84. The number of piperazine rings is 1. The van der Waals surface area contributed by atoms with Crippen LogP contribution in [0.15, 0.2) is 0 Å². The molecule has 0 radical (unpaired) electrons. The molecule has 2 heterocycles. The van der Waals surface area contributed by atoms with E-state index in [1.807, 2.05) is 0 Å². The fourth-order valence-corrected chi connectivity index (χ4v) is 2.83. The number of rotatable bonds is 4. The summed E-state index contributed by atoms with van der Waals surface area (Å²) in [6, 6.07) is 0. The summed E-state index contributed by atoms with van der Waals surface area (Å²) in [5.41, 5.74) is 5.74. The van der Waals surface area contributed by atoms with Crippen molar-refractivity contribution < 1.29 is 9.84 Å². The van der Waals surface area contributed by atoms with E-state index in [0.717, 1.165) is 37.7 Å². The first-order valence-electron chi connectivity index (χ1n) is 5.63. The van der Waals surface area contributed by atoms with Crippen molar-refractivity contribution in [3.8, 4) is 5.75 Å². The molecule has 2 rings (SSSR count). The number of aliphatic hydroxyl groups excluding tert-OH is 1. The summed E-state index contributed by atoms with van der Waals surface area (Å²) in [6.07, 6.45) is 0. The summed E-state index contributed by atoms with van der Waals surface area (Å²) in [6.45, 7) is 4.69. The molecule has 1 fully saturated rings. The number of nitrogens with zero attached hydrogens (tertiary/aromatic N) is 3. The van der Waals surface area contributed by atoms with Crippen molar-refractivity contribution in [3.05, 3.63) is 0 Å². The highest BCUT2D eigenvalue weighted by Gasteiger charge is 2.22. The fraction of sp³-hybridized carbons (Fsp3) is 0.700. The Hall–Kier alpha value is -1.05. The third kappa shape index (κ3) is 2.62. The second-order valence-electron chi connectivity index (χ2n) is 3.96. The molecule has 17 heavy (non-hydrogen) atoms. The number of nitrogen functional groups attached to an aromatic ring is 1. The third-order valence-electron chi connectivity index (χ3n) is 2.94. The number of methoxy groups -OCH3 is 1. The summed E-state index contributed by atoms with van der Waals surface area (Å²) >= 11 is 1.38. The Morgan fingerprint density at radius 1 is 1.41 bits per heavy atom. The molecule has 1 aliphatic rings. The van der Waals surface area contributed by atoms with E-state index in [4.69, 9.17) is 15.6 Å². The van der Waals surface area contributed by atoms with Crippen LogP contribution in [0.1, 0.15) is 0 Å². The largest absolute Gasteiger partial charge is 0.490 e. The van der Waals surface area contributed by atoms with Gasteiger partial charge in [0.15, 0.2) is 16.6 Å². The van der Waals surface area contributed by atoms with E-state index in [1.165, 1.54) is 11.5 Å². The summed E-state index contributed by atoms with van der Waals surface area (Å²) in [4.78, 5) is 4.48. The molecule has 0 unspecified atom stereocenters. The van der Waals surface area contributed by atoms with Gasteiger partial charge in [-0.25, -0.2) is 0 Å². The Morgan fingerprint density at radius 3 is 2.71 bits per heavy atom. The average Bonchev–Trinajstić information content (AvgIpc) is 2.72. The van der Waals surface area contributed by atoms with Gasteiger partial charge in [-0.3, -0.25) is 4.90 Å². The van der Waals surface area contributed by atoms with Crippen LogP contribution in [0.3, 0.4) is 0 Å². The van der Waals surface area contributed by atoms with Crippen LogP contribution in [0.4, 0.5) is 10.8 Å². The van der Waals surface area contributed by atoms with E-state index in [1.54, 1.807) is 7.11 Å². The molecule has 0 saturated carbocycles. The van der Waals surface area contributed by atoms with Gasteiger partial charge in [0, 0.05) is 32.7 Å². The maximum atomic E-state index is 8.89. The molecular formula is C10H18N4O2S. The van der Waals surface area contributed by atoms with Crippen molar-refractivity contribution in [2.75, 3.05) is 57.1 Å². The van der Waals surface area contributed by atoms with E-state index >= 15 is 0 Å². The maximum Gasteiger partial charge on any atom is 0.197 e. The second-order valence-corrected chi connectivity index (χ2v) is 4.71. The quantitative estimate of drug-likeness (QED) is 0.782. The van der Waals surface area contributed by atoms with E-state index in [2.05, 4.69) is 14.2 Å². The van der Waals surface area contributed by atoms with Crippen LogP contribution in [0.5, 0.6) is 5.75 Å². The molecule has 1 aliphatic heterocycles. The smallest absolute Gasteiger partial charge is 0.197 e. The van der Waals surface area contributed by atoms with E-state index < -0.39 is 0 Å². The topological polar surface area (TPSA) is 74.9 Å². The van der Waals surface area contributed by atoms with Gasteiger partial charge in [0.1, 0.15) is 0 Å². The molecule has 6 nitrogen and oxygen atoms in total. The van der Waals surface area contributed by atoms with E-state index in [-0.39, 0.29) is 6.61 Å². The number of aliphatic hydroxyl groups is 1. The first-order valence-corrected chi connectivity index (χ1v) is 6.41. The lowest BCUT2D eigenvalue weighted by Crippen LogP contribution is -2.47. The first kappa shape index (κ1) is 12.4. The second kappa shape index (κ2) is 5.52. The van der Waals surface area contributed by atoms with Gasteiger partial charge in [-0.15, -0.1) is 0 Å². The molecule has 0 atom stereocenters. The minimum atomic E-state index is 0.219. The molecule has 1 aromatic rings. The van der Waals surface area contributed by atoms with Crippen molar-refractivity contribution >= 4 is 22.4 Å². The molecule has 0 spiro atoms. The SMILES string of the molecule is COc1c(N)nsc1N1CCN(CCO)CC1. The van der Waals surface area contributed by atoms with Crippen LogP contribution in [0.2, 0.25) is 0 Å². The zero-order valence-corrected chi connectivity index (χ0v) is 10.7. The molecule has 0 aromatic carbocycles. The zero-order valence-electron chi connectivity index (χ0n) is 9.93. The Morgan fingerprint density at radius 2 is 2.12 bits per heavy atom. The average molecular weight is 258 g/mol. The van der Waals surface area contributed by atoms with Gasteiger partial charge >= 0.3 is 0 Å². The van der Waals surface area contributed by atoms with Gasteiger partial charge in [-0.2, -0.15) is 4.37 Å². The standard InChI is InChI=1S/C10H18N4O2S/c1-16-8-9(11)12-17-10(8)14-4-2-13(3-5-14)6-7-15/h15H,2-7H2,1H3,(H2,11,12). The maximum absolute atomic E-state index is 8.89. The van der Waals surface area contributed by atoms with Gasteiger partial charge in [-0.05, 0) is 11.5 Å². The monoisotopic (exact) mass is 258 g/mol. The lowest BCUT2D eigenvalue weighted by atomic mass is 10.3. The number of hydrogen-bond acceptors (Lipinski definition) is 7. The molecule has 0 aliphatic carbocycles. The predicted octanol–water partition coefficient (Wildman–Crippen LogP) is -0.152. The van der Waals surface area contributed by atoms with Crippen molar-refractivity contribution in [1.29, 1.82) is 0 Å². The summed E-state index contributed by atoms with van der Waals surface area (Å²) < 4.78 is 9.39. The number of hydrogen-bond donors (Lipinski definition) is 2. The van der Waals surface area contributed by atoms with Gasteiger partial charge in [-0.1, -0.05) is 0 Å². The van der Waals surface area contributed by atoms with Crippen LogP contribution >= 0.6 is 11.5 Å². The lowest BCUT2D eigenvalue weighted by molar-refractivity contribution is 0.189. The highest BCUT2D eigenvalue weighted by molar-refractivity contribution is 7.11. The van der Waals surface area contributed by atoms with Crippen LogP contribution in [0.25, 0.3) is 0 Å². The Labute approximate surface area is 105 Å². The van der Waals surface area contributed by atoms with Crippen molar-refractivity contribution in [3.63, 3.8) is 0 Å². The molecule has 7 heteroatoms. The zero-order chi connectivity index (χ0) is 12.3. The number of ether oxygens (including phenoxy) is 1. The van der Waals surface area contributed by atoms with Crippen molar-refractivity contribution in [2.24, 2.45) is 0 Å². The molecule has 96 valence electrons. The molecule has 3 N–H and O–H groups in total. The van der Waals surface area contributed by atoms with Gasteiger partial charge < -0.3 is 20.5 Å². The highest BCUT2D eigenvalue weighted by Crippen LogP contribution is 2.38. The van der Waals surface area contributed by atoms with E-state index in [9.17, 15) is 0 Å².